The summed E-state index contributed by atoms with van der Waals surface area (Å²) in [6.07, 6.45) is -1.30. The summed E-state index contributed by atoms with van der Waals surface area (Å²) in [4.78, 5) is 34.5. The molecular formula is C14H6O6. The summed E-state index contributed by atoms with van der Waals surface area (Å²) < 4.78 is 9.23. The average Bonchev–Trinajstić information content (AvgIpc) is 2.84. The standard InChI is InChI=1S/C14H6O6/c15-11-7-1-5-2-9-10(14(18)20-13(9)17)4-6(5)3-8(7)12(16)19-11/h1-4,11,15H. The van der Waals surface area contributed by atoms with E-state index in [1.165, 1.54) is 18.2 Å². The molecule has 0 fully saturated rings. The van der Waals surface area contributed by atoms with Crippen molar-refractivity contribution < 1.29 is 29.0 Å². The molecule has 0 spiro atoms. The number of ether oxygens (including phenoxy) is 2. The van der Waals surface area contributed by atoms with Crippen LogP contribution in [0, 0.1) is 0 Å². The van der Waals surface area contributed by atoms with Crippen LogP contribution in [-0.2, 0) is 9.47 Å². The molecule has 6 heteroatoms. The summed E-state index contributed by atoms with van der Waals surface area (Å²) in [6.45, 7) is 0. The van der Waals surface area contributed by atoms with E-state index < -0.39 is 24.2 Å². The fraction of sp³-hybridized carbons (Fsp3) is 0.0714. The molecule has 1 unspecified atom stereocenters. The third kappa shape index (κ3) is 1.28. The van der Waals surface area contributed by atoms with E-state index in [0.717, 1.165) is 0 Å². The number of aliphatic hydroxyl groups is 1. The molecule has 1 atom stereocenters. The number of aliphatic hydroxyl groups excluding tert-OH is 1. The van der Waals surface area contributed by atoms with Crippen molar-refractivity contribution in [1.82, 2.24) is 0 Å². The van der Waals surface area contributed by atoms with Gasteiger partial charge in [-0.2, -0.15) is 0 Å². The van der Waals surface area contributed by atoms with Crippen LogP contribution < -0.4 is 0 Å². The third-order valence-corrected chi connectivity index (χ3v) is 3.47. The second kappa shape index (κ2) is 3.43. The Bertz CT molecular complexity index is 835. The highest BCUT2D eigenvalue weighted by Gasteiger charge is 2.33. The molecule has 4 rings (SSSR count). The van der Waals surface area contributed by atoms with Gasteiger partial charge in [-0.15, -0.1) is 0 Å². The number of carbonyl (C=O) groups excluding carboxylic acids is 3. The van der Waals surface area contributed by atoms with Crippen LogP contribution in [0.4, 0.5) is 0 Å². The summed E-state index contributed by atoms with van der Waals surface area (Å²) in [6, 6.07) is 6.10. The molecule has 6 nitrogen and oxygen atoms in total. The van der Waals surface area contributed by atoms with Crippen molar-refractivity contribution in [3.05, 3.63) is 46.5 Å². The summed E-state index contributed by atoms with van der Waals surface area (Å²) in [7, 11) is 0. The van der Waals surface area contributed by atoms with Crippen molar-refractivity contribution in [2.24, 2.45) is 0 Å². The minimum atomic E-state index is -1.30. The maximum atomic E-state index is 11.5. The molecule has 2 heterocycles. The zero-order valence-corrected chi connectivity index (χ0v) is 9.88. The molecule has 20 heavy (non-hydrogen) atoms. The lowest BCUT2D eigenvalue weighted by atomic mass is 9.97. The summed E-state index contributed by atoms with van der Waals surface area (Å²) in [5.74, 6) is -2.01. The lowest BCUT2D eigenvalue weighted by molar-refractivity contribution is -0.0547. The van der Waals surface area contributed by atoms with E-state index in [0.29, 0.717) is 16.3 Å². The topological polar surface area (TPSA) is 89.9 Å². The first kappa shape index (κ1) is 11.1. The fourth-order valence-electron chi connectivity index (χ4n) is 2.51. The molecule has 98 valence electrons. The Morgan fingerprint density at radius 1 is 0.800 bits per heavy atom. The van der Waals surface area contributed by atoms with Crippen LogP contribution in [0.5, 0.6) is 0 Å². The molecular weight excluding hydrogens is 264 g/mol. The lowest BCUT2D eigenvalue weighted by Crippen LogP contribution is -1.96. The largest absolute Gasteiger partial charge is 0.428 e. The first-order chi connectivity index (χ1) is 9.54. The zero-order valence-electron chi connectivity index (χ0n) is 9.88. The minimum Gasteiger partial charge on any atom is -0.428 e. The van der Waals surface area contributed by atoms with E-state index in [1.807, 2.05) is 0 Å². The molecule has 0 saturated carbocycles. The van der Waals surface area contributed by atoms with Crippen LogP contribution in [0.1, 0.15) is 42.9 Å². The third-order valence-electron chi connectivity index (χ3n) is 3.47. The van der Waals surface area contributed by atoms with Gasteiger partial charge in [-0.05, 0) is 35.0 Å². The van der Waals surface area contributed by atoms with Gasteiger partial charge in [0, 0.05) is 5.56 Å². The Kier molecular flexibility index (Phi) is 1.91. The molecule has 1 N–H and O–H groups in total. The molecule has 2 aliphatic rings. The SMILES string of the molecule is O=C1OC(=O)c2cc3cc4c(cc3cc21)C(=O)OC4O. The smallest absolute Gasteiger partial charge is 0.346 e. The van der Waals surface area contributed by atoms with E-state index in [9.17, 15) is 19.5 Å². The van der Waals surface area contributed by atoms with Crippen molar-refractivity contribution in [3.63, 3.8) is 0 Å². The number of rotatable bonds is 0. The van der Waals surface area contributed by atoms with E-state index >= 15 is 0 Å². The first-order valence-electron chi connectivity index (χ1n) is 5.82. The highest BCUT2D eigenvalue weighted by molar-refractivity contribution is 6.17. The summed E-state index contributed by atoms with van der Waals surface area (Å²) in [5, 5.41) is 10.8. The van der Waals surface area contributed by atoms with Crippen molar-refractivity contribution in [2.45, 2.75) is 6.29 Å². The Hall–Kier alpha value is -2.73. The molecule has 0 saturated heterocycles. The van der Waals surface area contributed by atoms with E-state index in [-0.39, 0.29) is 16.7 Å². The quantitative estimate of drug-likeness (QED) is 0.573. The Balaban J connectivity index is 2.05. The normalized spacial score (nSPS) is 19.9. The second-order valence-corrected chi connectivity index (χ2v) is 4.62. The van der Waals surface area contributed by atoms with Gasteiger partial charge < -0.3 is 14.6 Å². The van der Waals surface area contributed by atoms with E-state index in [1.54, 1.807) is 6.07 Å². The van der Waals surface area contributed by atoms with Gasteiger partial charge in [-0.3, -0.25) is 0 Å². The number of fused-ring (bicyclic) bond motifs is 3. The number of hydrogen-bond acceptors (Lipinski definition) is 6. The van der Waals surface area contributed by atoms with Crippen molar-refractivity contribution in [1.29, 1.82) is 0 Å². The molecule has 0 amide bonds. The fourth-order valence-corrected chi connectivity index (χ4v) is 2.51. The lowest BCUT2D eigenvalue weighted by Gasteiger charge is -2.04. The molecule has 2 aromatic carbocycles. The van der Waals surface area contributed by atoms with Gasteiger partial charge in [0.15, 0.2) is 0 Å². The minimum absolute atomic E-state index is 0.175. The van der Waals surface area contributed by atoms with Crippen LogP contribution >= 0.6 is 0 Å². The Morgan fingerprint density at radius 2 is 1.35 bits per heavy atom. The van der Waals surface area contributed by atoms with Gasteiger partial charge in [0.2, 0.25) is 6.29 Å². The zero-order chi connectivity index (χ0) is 14.0. The summed E-state index contributed by atoms with van der Waals surface area (Å²) in [5.41, 5.74) is 0.958. The van der Waals surface area contributed by atoms with Crippen LogP contribution in [-0.4, -0.2) is 23.0 Å². The Morgan fingerprint density at radius 3 is 2.00 bits per heavy atom. The predicted molar refractivity (Wildman–Crippen MR) is 64.1 cm³/mol. The van der Waals surface area contributed by atoms with Gasteiger partial charge in [-0.1, -0.05) is 0 Å². The number of benzene rings is 2. The van der Waals surface area contributed by atoms with Crippen LogP contribution in [0.3, 0.4) is 0 Å². The van der Waals surface area contributed by atoms with Crippen molar-refractivity contribution in [2.75, 3.05) is 0 Å². The molecule has 2 aliphatic heterocycles. The van der Waals surface area contributed by atoms with Gasteiger partial charge in [0.25, 0.3) is 0 Å². The van der Waals surface area contributed by atoms with Gasteiger partial charge in [0.05, 0.1) is 16.7 Å². The average molecular weight is 270 g/mol. The van der Waals surface area contributed by atoms with Gasteiger partial charge in [-0.25, -0.2) is 14.4 Å². The van der Waals surface area contributed by atoms with Crippen molar-refractivity contribution in [3.8, 4) is 0 Å². The Labute approximate surface area is 111 Å². The maximum Gasteiger partial charge on any atom is 0.346 e. The second-order valence-electron chi connectivity index (χ2n) is 4.62. The number of esters is 3. The molecule has 0 radical (unpaired) electrons. The predicted octanol–water partition coefficient (Wildman–Crippen LogP) is 1.31. The monoisotopic (exact) mass is 270 g/mol. The highest BCUT2D eigenvalue weighted by atomic mass is 16.6. The van der Waals surface area contributed by atoms with Gasteiger partial charge >= 0.3 is 17.9 Å². The number of carbonyl (C=O) groups is 3. The molecule has 2 aromatic rings. The van der Waals surface area contributed by atoms with Crippen LogP contribution in [0.15, 0.2) is 24.3 Å². The van der Waals surface area contributed by atoms with Crippen molar-refractivity contribution >= 4 is 28.7 Å². The molecule has 0 aromatic heterocycles. The van der Waals surface area contributed by atoms with Crippen LogP contribution in [0.2, 0.25) is 0 Å². The summed E-state index contributed by atoms with van der Waals surface area (Å²) >= 11 is 0. The van der Waals surface area contributed by atoms with E-state index in [2.05, 4.69) is 4.74 Å². The van der Waals surface area contributed by atoms with Crippen LogP contribution in [0.25, 0.3) is 10.8 Å². The first-order valence-corrected chi connectivity index (χ1v) is 5.82. The maximum absolute atomic E-state index is 11.5. The highest BCUT2D eigenvalue weighted by Crippen LogP contribution is 2.34. The number of hydrogen-bond donors (Lipinski definition) is 1. The molecule has 0 bridgehead atoms. The van der Waals surface area contributed by atoms with E-state index in [4.69, 9.17) is 4.74 Å². The number of cyclic esters (lactones) is 3. The van der Waals surface area contributed by atoms with Gasteiger partial charge in [0.1, 0.15) is 0 Å². The molecule has 0 aliphatic carbocycles.